The van der Waals surface area contributed by atoms with Crippen molar-refractivity contribution in [3.8, 4) is 0 Å². The van der Waals surface area contributed by atoms with Crippen molar-refractivity contribution in [1.82, 2.24) is 4.31 Å². The van der Waals surface area contributed by atoms with E-state index in [2.05, 4.69) is 0 Å². The Bertz CT molecular complexity index is 482. The molecule has 0 bridgehead atoms. The third kappa shape index (κ3) is 3.52. The van der Waals surface area contributed by atoms with Crippen LogP contribution in [0.1, 0.15) is 6.92 Å². The zero-order chi connectivity index (χ0) is 13.8. The van der Waals surface area contributed by atoms with Gasteiger partial charge in [0.25, 0.3) is 10.0 Å². The van der Waals surface area contributed by atoms with E-state index in [0.717, 1.165) is 15.6 Å². The number of rotatable bonds is 7. The van der Waals surface area contributed by atoms with Gasteiger partial charge in [-0.15, -0.1) is 11.3 Å². The minimum atomic E-state index is -3.72. The van der Waals surface area contributed by atoms with Crippen molar-refractivity contribution in [3.63, 3.8) is 0 Å². The summed E-state index contributed by atoms with van der Waals surface area (Å²) in [4.78, 5) is 10.8. The lowest BCUT2D eigenvalue weighted by Gasteiger charge is -2.22. The Morgan fingerprint density at radius 3 is 2.67 bits per heavy atom. The molecule has 0 spiro atoms. The highest BCUT2D eigenvalue weighted by molar-refractivity contribution is 7.91. The molecule has 1 aromatic heterocycles. The minimum Gasteiger partial charge on any atom is -0.481 e. The Kier molecular flexibility index (Phi) is 5.27. The van der Waals surface area contributed by atoms with Crippen LogP contribution in [0.25, 0.3) is 0 Å². The molecule has 0 aliphatic rings. The Labute approximate surface area is 110 Å². The van der Waals surface area contributed by atoms with E-state index < -0.39 is 21.9 Å². The highest BCUT2D eigenvalue weighted by Crippen LogP contribution is 2.21. The van der Waals surface area contributed by atoms with Crippen LogP contribution in [-0.4, -0.2) is 48.6 Å². The maximum atomic E-state index is 12.2. The molecular formula is C10H15NO5S2. The highest BCUT2D eigenvalue weighted by Gasteiger charge is 2.28. The molecular weight excluding hydrogens is 278 g/mol. The standard InChI is InChI=1S/C10H15NO5S2/c1-8(10(13)14)7-11(4-5-12)18(15,16)9-3-2-6-17-9/h2-3,6,8,12H,4-5,7H2,1H3,(H,13,14). The quantitative estimate of drug-likeness (QED) is 0.761. The normalized spacial score (nSPS) is 13.7. The number of nitrogens with zero attached hydrogens (tertiary/aromatic N) is 1. The molecule has 0 saturated heterocycles. The molecule has 1 unspecified atom stereocenters. The van der Waals surface area contributed by atoms with E-state index >= 15 is 0 Å². The number of hydrogen-bond acceptors (Lipinski definition) is 5. The van der Waals surface area contributed by atoms with Crippen molar-refractivity contribution >= 4 is 27.3 Å². The first-order valence-electron chi connectivity index (χ1n) is 5.27. The number of thiophene rings is 1. The van der Waals surface area contributed by atoms with E-state index in [-0.39, 0.29) is 23.9 Å². The Hall–Kier alpha value is -0.960. The van der Waals surface area contributed by atoms with Gasteiger partial charge in [0.1, 0.15) is 4.21 Å². The summed E-state index contributed by atoms with van der Waals surface area (Å²) in [5.74, 6) is -1.90. The lowest BCUT2D eigenvalue weighted by molar-refractivity contribution is -0.141. The van der Waals surface area contributed by atoms with Crippen LogP contribution in [0.5, 0.6) is 0 Å². The van der Waals surface area contributed by atoms with Gasteiger partial charge < -0.3 is 10.2 Å². The number of carboxylic acid groups (broad SMARTS) is 1. The fraction of sp³-hybridized carbons (Fsp3) is 0.500. The molecule has 2 N–H and O–H groups in total. The SMILES string of the molecule is CC(CN(CCO)S(=O)(=O)c1cccs1)C(=O)O. The second-order valence-electron chi connectivity index (χ2n) is 3.76. The topological polar surface area (TPSA) is 94.9 Å². The van der Waals surface area contributed by atoms with Crippen molar-refractivity contribution < 1.29 is 23.4 Å². The van der Waals surface area contributed by atoms with Crippen molar-refractivity contribution in [3.05, 3.63) is 17.5 Å². The van der Waals surface area contributed by atoms with Gasteiger partial charge in [-0.05, 0) is 11.4 Å². The van der Waals surface area contributed by atoms with Crippen LogP contribution in [0.2, 0.25) is 0 Å². The van der Waals surface area contributed by atoms with Gasteiger partial charge >= 0.3 is 5.97 Å². The summed E-state index contributed by atoms with van der Waals surface area (Å²) < 4.78 is 25.5. The smallest absolute Gasteiger partial charge is 0.307 e. The number of aliphatic hydroxyl groups is 1. The van der Waals surface area contributed by atoms with Crippen LogP contribution in [0.3, 0.4) is 0 Å². The Morgan fingerprint density at radius 1 is 1.56 bits per heavy atom. The predicted octanol–water partition coefficient (Wildman–Crippen LogP) is 0.452. The van der Waals surface area contributed by atoms with Gasteiger partial charge in [0.05, 0.1) is 12.5 Å². The van der Waals surface area contributed by atoms with Gasteiger partial charge in [-0.2, -0.15) is 4.31 Å². The predicted molar refractivity (Wildman–Crippen MR) is 67.0 cm³/mol. The third-order valence-electron chi connectivity index (χ3n) is 2.34. The van der Waals surface area contributed by atoms with E-state index in [1.165, 1.54) is 13.0 Å². The summed E-state index contributed by atoms with van der Waals surface area (Å²) in [5, 5.41) is 19.3. The number of sulfonamides is 1. The molecule has 6 nitrogen and oxygen atoms in total. The van der Waals surface area contributed by atoms with E-state index in [4.69, 9.17) is 10.2 Å². The molecule has 1 aromatic rings. The van der Waals surface area contributed by atoms with Gasteiger partial charge in [-0.1, -0.05) is 13.0 Å². The zero-order valence-electron chi connectivity index (χ0n) is 9.81. The lowest BCUT2D eigenvalue weighted by atomic mass is 10.2. The maximum Gasteiger partial charge on any atom is 0.307 e. The van der Waals surface area contributed by atoms with Crippen LogP contribution in [0, 0.1) is 5.92 Å². The minimum absolute atomic E-state index is 0.113. The van der Waals surface area contributed by atoms with Gasteiger partial charge in [-0.3, -0.25) is 4.79 Å². The number of hydrogen-bond donors (Lipinski definition) is 2. The largest absolute Gasteiger partial charge is 0.481 e. The van der Waals surface area contributed by atoms with Crippen molar-refractivity contribution in [2.24, 2.45) is 5.92 Å². The summed E-state index contributed by atoms with van der Waals surface area (Å²) >= 11 is 1.06. The third-order valence-corrected chi connectivity index (χ3v) is 5.58. The van der Waals surface area contributed by atoms with Crippen LogP contribution < -0.4 is 0 Å². The molecule has 0 aliphatic carbocycles. The summed E-state index contributed by atoms with van der Waals surface area (Å²) in [6, 6.07) is 3.06. The molecule has 18 heavy (non-hydrogen) atoms. The number of aliphatic carboxylic acids is 1. The maximum absolute atomic E-state index is 12.2. The molecule has 102 valence electrons. The van der Waals surface area contributed by atoms with E-state index in [0.29, 0.717) is 0 Å². The summed E-state index contributed by atoms with van der Waals surface area (Å²) in [6.07, 6.45) is 0. The Balaban J connectivity index is 2.95. The molecule has 0 saturated carbocycles. The van der Waals surface area contributed by atoms with Crippen molar-refractivity contribution in [2.75, 3.05) is 19.7 Å². The first kappa shape index (κ1) is 15.1. The molecule has 0 radical (unpaired) electrons. The van der Waals surface area contributed by atoms with Gasteiger partial charge in [-0.25, -0.2) is 8.42 Å². The van der Waals surface area contributed by atoms with Crippen LogP contribution in [0.15, 0.2) is 21.7 Å². The first-order chi connectivity index (χ1) is 8.39. The highest BCUT2D eigenvalue weighted by atomic mass is 32.2. The van der Waals surface area contributed by atoms with Gasteiger partial charge in [0, 0.05) is 13.1 Å². The monoisotopic (exact) mass is 293 g/mol. The fourth-order valence-electron chi connectivity index (χ4n) is 1.34. The van der Waals surface area contributed by atoms with Crippen molar-refractivity contribution in [1.29, 1.82) is 0 Å². The molecule has 8 heteroatoms. The van der Waals surface area contributed by atoms with Crippen molar-refractivity contribution in [2.45, 2.75) is 11.1 Å². The number of carboxylic acids is 1. The van der Waals surface area contributed by atoms with E-state index in [1.54, 1.807) is 11.4 Å². The molecule has 1 rings (SSSR count). The average Bonchev–Trinajstić information content (AvgIpc) is 2.82. The molecule has 0 amide bonds. The first-order valence-corrected chi connectivity index (χ1v) is 7.59. The fourth-order valence-corrected chi connectivity index (χ4v) is 4.01. The van der Waals surface area contributed by atoms with E-state index in [9.17, 15) is 13.2 Å². The average molecular weight is 293 g/mol. The molecule has 0 aromatic carbocycles. The molecule has 1 heterocycles. The summed E-state index contributed by atoms with van der Waals surface area (Å²) in [6.45, 7) is 0.807. The summed E-state index contributed by atoms with van der Waals surface area (Å²) in [5.41, 5.74) is 0. The lowest BCUT2D eigenvalue weighted by Crippen LogP contribution is -2.38. The van der Waals surface area contributed by atoms with Gasteiger partial charge in [0.2, 0.25) is 0 Å². The van der Waals surface area contributed by atoms with E-state index in [1.807, 2.05) is 0 Å². The second-order valence-corrected chi connectivity index (χ2v) is 6.87. The second kappa shape index (κ2) is 6.28. The van der Waals surface area contributed by atoms with Gasteiger partial charge in [0.15, 0.2) is 0 Å². The molecule has 0 aliphatic heterocycles. The Morgan fingerprint density at radius 2 is 2.22 bits per heavy atom. The molecule has 1 atom stereocenters. The number of aliphatic hydroxyl groups excluding tert-OH is 1. The van der Waals surface area contributed by atoms with Crippen LogP contribution in [0.4, 0.5) is 0 Å². The van der Waals surface area contributed by atoms with Crippen LogP contribution >= 0.6 is 11.3 Å². The number of carbonyl (C=O) groups is 1. The van der Waals surface area contributed by atoms with Crippen LogP contribution in [-0.2, 0) is 14.8 Å². The zero-order valence-corrected chi connectivity index (χ0v) is 11.4. The summed E-state index contributed by atoms with van der Waals surface area (Å²) in [7, 11) is -3.72. The molecule has 0 fully saturated rings.